The Kier molecular flexibility index (Phi) is 13.7. The van der Waals surface area contributed by atoms with Crippen molar-refractivity contribution in [1.29, 1.82) is 0 Å². The number of methoxy groups -OCH3 is 1. The fourth-order valence-electron chi connectivity index (χ4n) is 5.29. The number of fused-ring (bicyclic) bond motifs is 1. The van der Waals surface area contributed by atoms with Crippen LogP contribution < -0.4 is 10.1 Å². The lowest BCUT2D eigenvalue weighted by atomic mass is 10.1. The molecule has 18 nitrogen and oxygen atoms in total. The van der Waals surface area contributed by atoms with Crippen LogP contribution in [0.5, 0.6) is 11.5 Å². The molecule has 0 aliphatic rings. The summed E-state index contributed by atoms with van der Waals surface area (Å²) < 4.78 is 47.7. The van der Waals surface area contributed by atoms with E-state index in [1.807, 2.05) is 50.2 Å². The standard InChI is InChI=1S/C37H31N7O11S3/c1-21-17-33(43-44-36-34(57-55-53-47)19-23-18-27(10-14-30(23)37(36)45)38-24-8-11-28(51-3)12-9-24)22(2)16-32(21)42-40-26-6-4-25(5-7-26)39-41-31-15-13-29(56-54-52-46)20-35(31)58(48,49)50/h4-20,38,45-47H,1-3H3,(H,48,49,50). The number of nitrogens with zero attached hydrogens (tertiary/aromatic N) is 6. The lowest BCUT2D eigenvalue weighted by molar-refractivity contribution is -0.432. The van der Waals surface area contributed by atoms with Gasteiger partial charge in [-0.2, -0.15) is 28.9 Å². The van der Waals surface area contributed by atoms with Crippen LogP contribution >= 0.6 is 24.1 Å². The number of anilines is 2. The van der Waals surface area contributed by atoms with Crippen molar-refractivity contribution in [1.82, 2.24) is 0 Å². The van der Waals surface area contributed by atoms with Crippen LogP contribution in [0, 0.1) is 13.8 Å². The molecule has 6 rings (SSSR count). The number of benzene rings is 6. The van der Waals surface area contributed by atoms with E-state index in [0.29, 0.717) is 68.1 Å². The minimum absolute atomic E-state index is 0.0879. The van der Waals surface area contributed by atoms with Gasteiger partial charge in [-0.25, -0.2) is 10.5 Å². The van der Waals surface area contributed by atoms with Crippen molar-refractivity contribution in [2.75, 3.05) is 12.4 Å². The summed E-state index contributed by atoms with van der Waals surface area (Å²) in [7, 11) is -3.08. The van der Waals surface area contributed by atoms with Crippen LogP contribution in [0.2, 0.25) is 0 Å². The zero-order valence-corrected chi connectivity index (χ0v) is 32.8. The predicted molar refractivity (Wildman–Crippen MR) is 214 cm³/mol. The van der Waals surface area contributed by atoms with Crippen LogP contribution in [-0.4, -0.2) is 35.7 Å². The Balaban J connectivity index is 1.18. The zero-order chi connectivity index (χ0) is 41.2. The van der Waals surface area contributed by atoms with Crippen molar-refractivity contribution in [2.24, 2.45) is 30.7 Å². The molecule has 0 aliphatic heterocycles. The zero-order valence-electron chi connectivity index (χ0n) is 30.4. The number of ether oxygens (including phenoxy) is 1. The summed E-state index contributed by atoms with van der Waals surface area (Å²) in [6.07, 6.45) is 0. The lowest BCUT2D eigenvalue weighted by Crippen LogP contribution is -1.98. The maximum Gasteiger partial charge on any atom is 0.296 e. The van der Waals surface area contributed by atoms with Crippen molar-refractivity contribution < 1.29 is 52.1 Å². The van der Waals surface area contributed by atoms with E-state index < -0.39 is 15.0 Å². The summed E-state index contributed by atoms with van der Waals surface area (Å²) >= 11 is 1.15. The van der Waals surface area contributed by atoms with Crippen LogP contribution in [0.3, 0.4) is 0 Å². The Bertz CT molecular complexity index is 2630. The van der Waals surface area contributed by atoms with E-state index in [2.05, 4.69) is 50.4 Å². The van der Waals surface area contributed by atoms with Gasteiger partial charge in [0.1, 0.15) is 22.0 Å². The molecule has 0 saturated carbocycles. The molecule has 0 aromatic heterocycles. The van der Waals surface area contributed by atoms with Gasteiger partial charge in [0, 0.05) is 21.7 Å². The molecule has 0 heterocycles. The van der Waals surface area contributed by atoms with Gasteiger partial charge in [-0.1, -0.05) is 10.1 Å². The first-order valence-corrected chi connectivity index (χ1v) is 19.5. The molecule has 0 atom stereocenters. The van der Waals surface area contributed by atoms with Gasteiger partial charge >= 0.3 is 0 Å². The first-order chi connectivity index (χ1) is 27.9. The van der Waals surface area contributed by atoms with Crippen LogP contribution in [0.4, 0.5) is 45.5 Å². The van der Waals surface area contributed by atoms with Gasteiger partial charge in [-0.05, 0) is 133 Å². The summed E-state index contributed by atoms with van der Waals surface area (Å²) in [5, 5.41) is 65.8. The molecule has 58 heavy (non-hydrogen) atoms. The van der Waals surface area contributed by atoms with E-state index in [4.69, 9.17) is 19.6 Å². The predicted octanol–water partition coefficient (Wildman–Crippen LogP) is 12.3. The normalized spacial score (nSPS) is 12.0. The summed E-state index contributed by atoms with van der Waals surface area (Å²) in [4.78, 5) is -0.0157. The van der Waals surface area contributed by atoms with Crippen LogP contribution in [0.15, 0.2) is 149 Å². The number of hydrogen-bond acceptors (Lipinski definition) is 19. The molecule has 0 radical (unpaired) electrons. The average molecular weight is 846 g/mol. The fourth-order valence-corrected chi connectivity index (χ4v) is 6.90. The molecule has 0 bridgehead atoms. The third-order valence-electron chi connectivity index (χ3n) is 8.12. The van der Waals surface area contributed by atoms with Crippen LogP contribution in [0.1, 0.15) is 11.1 Å². The molecule has 6 aromatic rings. The fraction of sp³-hybridized carbons (Fsp3) is 0.0811. The van der Waals surface area contributed by atoms with Crippen molar-refractivity contribution in [3.63, 3.8) is 0 Å². The van der Waals surface area contributed by atoms with Crippen molar-refractivity contribution >= 4 is 90.5 Å². The SMILES string of the molecule is COc1ccc(Nc2ccc3c(O)c(N=Nc4cc(C)c(N=Nc5ccc(N=Nc6ccc(SOOO)cc6S(=O)(=O)O)cc5)cc4C)c(SOOO)cc3c2)cc1. The first kappa shape index (κ1) is 41.8. The van der Waals surface area contributed by atoms with E-state index >= 15 is 0 Å². The first-order valence-electron chi connectivity index (χ1n) is 16.5. The van der Waals surface area contributed by atoms with Gasteiger partial charge in [0.2, 0.25) is 0 Å². The summed E-state index contributed by atoms with van der Waals surface area (Å²) in [5.74, 6) is 0.567. The molecule has 6 aromatic carbocycles. The molecule has 5 N–H and O–H groups in total. The van der Waals surface area contributed by atoms with Gasteiger partial charge < -0.3 is 15.2 Å². The summed E-state index contributed by atoms with van der Waals surface area (Å²) in [6, 6.07) is 28.3. The highest BCUT2D eigenvalue weighted by molar-refractivity contribution is 7.95. The smallest absolute Gasteiger partial charge is 0.296 e. The third-order valence-corrected chi connectivity index (χ3v) is 10.2. The highest BCUT2D eigenvalue weighted by Gasteiger charge is 2.18. The molecule has 0 unspecified atom stereocenters. The van der Waals surface area contributed by atoms with Crippen molar-refractivity contribution in [3.05, 3.63) is 114 Å². The van der Waals surface area contributed by atoms with Gasteiger partial charge in [0.05, 0.1) is 58.8 Å². The second kappa shape index (κ2) is 19.1. The topological polar surface area (TPSA) is 247 Å². The number of aryl methyl sites for hydroxylation is 2. The number of phenolic OH excluding ortho intramolecular Hbond substituents is 1. The molecule has 0 amide bonds. The average Bonchev–Trinajstić information content (AvgIpc) is 3.22. The Morgan fingerprint density at radius 1 is 0.638 bits per heavy atom. The van der Waals surface area contributed by atoms with E-state index in [0.717, 1.165) is 28.8 Å². The van der Waals surface area contributed by atoms with E-state index in [1.54, 1.807) is 55.6 Å². The molecule has 0 spiro atoms. The van der Waals surface area contributed by atoms with Gasteiger partial charge in [-0.15, -0.1) is 18.9 Å². The second-order valence-corrected chi connectivity index (χ2v) is 14.9. The Morgan fingerprint density at radius 3 is 1.83 bits per heavy atom. The molecular weight excluding hydrogens is 815 g/mol. The molecular formula is C37H31N7O11S3. The quantitative estimate of drug-likeness (QED) is 0.0200. The maximum atomic E-state index is 11.9. The molecule has 21 heteroatoms. The Hall–Kier alpha value is -5.85. The number of nitrogens with one attached hydrogen (secondary N) is 1. The number of azo groups is 3. The second-order valence-electron chi connectivity index (χ2n) is 12.0. The van der Waals surface area contributed by atoms with Gasteiger partial charge in [0.15, 0.2) is 5.75 Å². The van der Waals surface area contributed by atoms with Crippen LogP contribution in [-0.2, 0) is 28.9 Å². The molecule has 0 saturated heterocycles. The van der Waals surface area contributed by atoms with Gasteiger partial charge in [-0.3, -0.25) is 4.55 Å². The minimum Gasteiger partial charge on any atom is -0.505 e. The van der Waals surface area contributed by atoms with E-state index in [1.165, 1.54) is 12.1 Å². The highest BCUT2D eigenvalue weighted by Crippen LogP contribution is 2.45. The molecule has 298 valence electrons. The number of hydrogen-bond donors (Lipinski definition) is 5. The Morgan fingerprint density at radius 2 is 1.22 bits per heavy atom. The highest BCUT2D eigenvalue weighted by atomic mass is 32.2. The number of rotatable bonds is 16. The maximum absolute atomic E-state index is 11.9. The van der Waals surface area contributed by atoms with Crippen LogP contribution in [0.25, 0.3) is 10.8 Å². The molecule has 0 fully saturated rings. The van der Waals surface area contributed by atoms with Crippen molar-refractivity contribution in [2.45, 2.75) is 28.5 Å². The number of aromatic hydroxyl groups is 1. The minimum atomic E-state index is -4.67. The van der Waals surface area contributed by atoms with Gasteiger partial charge in [0.25, 0.3) is 10.1 Å². The lowest BCUT2D eigenvalue weighted by Gasteiger charge is -2.12. The van der Waals surface area contributed by atoms with Crippen molar-refractivity contribution in [3.8, 4) is 11.5 Å². The Labute approximate surface area is 338 Å². The third kappa shape index (κ3) is 10.6. The van der Waals surface area contributed by atoms with E-state index in [9.17, 15) is 18.1 Å². The number of phenols is 1. The molecule has 0 aliphatic carbocycles. The monoisotopic (exact) mass is 845 g/mol. The van der Waals surface area contributed by atoms with E-state index in [-0.39, 0.29) is 22.0 Å². The largest absolute Gasteiger partial charge is 0.505 e. The summed E-state index contributed by atoms with van der Waals surface area (Å²) in [5.41, 5.74) is 4.89. The summed E-state index contributed by atoms with van der Waals surface area (Å²) in [6.45, 7) is 3.65.